The number of piperidine rings is 1. The summed E-state index contributed by atoms with van der Waals surface area (Å²) < 4.78 is 0. The molecule has 0 radical (unpaired) electrons. The van der Waals surface area contributed by atoms with Gasteiger partial charge in [0.05, 0.1) is 6.04 Å². The number of hydrogen-bond donors (Lipinski definition) is 1. The molecule has 4 nitrogen and oxygen atoms in total. The van der Waals surface area contributed by atoms with Crippen molar-refractivity contribution < 1.29 is 4.79 Å². The number of carbonyl (C=O) groups excluding carboxylic acids is 1. The van der Waals surface area contributed by atoms with E-state index in [9.17, 15) is 4.79 Å². The maximum absolute atomic E-state index is 12.3. The van der Waals surface area contributed by atoms with E-state index in [1.54, 1.807) is 0 Å². The molecule has 1 aliphatic rings. The third-order valence-electron chi connectivity index (χ3n) is 4.12. The van der Waals surface area contributed by atoms with Crippen molar-refractivity contribution in [1.29, 1.82) is 0 Å². The van der Waals surface area contributed by atoms with Gasteiger partial charge >= 0.3 is 0 Å². The second-order valence-corrected chi connectivity index (χ2v) is 6.19. The number of amides is 1. The molecule has 6 heteroatoms. The SMILES string of the molecule is CC(C)C[C@H](N)C(=O)N(C)C1CCN(C)C(C)C1.Cl.Cl. The van der Waals surface area contributed by atoms with Crippen LogP contribution in [0.1, 0.15) is 40.0 Å². The van der Waals surface area contributed by atoms with E-state index in [4.69, 9.17) is 5.73 Å². The lowest BCUT2D eigenvalue weighted by molar-refractivity contribution is -0.134. The van der Waals surface area contributed by atoms with Gasteiger partial charge in [-0.1, -0.05) is 13.8 Å². The van der Waals surface area contributed by atoms with Gasteiger partial charge in [-0.15, -0.1) is 24.8 Å². The first-order chi connectivity index (χ1) is 8.32. The summed E-state index contributed by atoms with van der Waals surface area (Å²) in [6.07, 6.45) is 2.87. The zero-order valence-electron chi connectivity index (χ0n) is 13.3. The molecule has 3 atom stereocenters. The van der Waals surface area contributed by atoms with Crippen molar-refractivity contribution in [3.63, 3.8) is 0 Å². The molecule has 1 heterocycles. The molecule has 0 bridgehead atoms. The van der Waals surface area contributed by atoms with Gasteiger partial charge in [-0.3, -0.25) is 4.79 Å². The van der Waals surface area contributed by atoms with Gasteiger partial charge in [0.25, 0.3) is 0 Å². The monoisotopic (exact) mass is 327 g/mol. The van der Waals surface area contributed by atoms with E-state index in [1.807, 2.05) is 11.9 Å². The van der Waals surface area contributed by atoms with Gasteiger partial charge in [-0.2, -0.15) is 0 Å². The largest absolute Gasteiger partial charge is 0.341 e. The van der Waals surface area contributed by atoms with E-state index in [2.05, 4.69) is 32.7 Å². The summed E-state index contributed by atoms with van der Waals surface area (Å²) >= 11 is 0. The summed E-state index contributed by atoms with van der Waals surface area (Å²) in [5.74, 6) is 0.569. The van der Waals surface area contributed by atoms with Gasteiger partial charge in [0, 0.05) is 25.7 Å². The number of nitrogens with two attached hydrogens (primary N) is 1. The lowest BCUT2D eigenvalue weighted by atomic mass is 9.96. The second kappa shape index (κ2) is 9.82. The summed E-state index contributed by atoms with van der Waals surface area (Å²) in [4.78, 5) is 16.5. The Kier molecular flexibility index (Phi) is 10.9. The first kappa shape index (κ1) is 22.3. The molecule has 1 fully saturated rings. The van der Waals surface area contributed by atoms with Gasteiger partial charge in [0.15, 0.2) is 0 Å². The topological polar surface area (TPSA) is 49.6 Å². The van der Waals surface area contributed by atoms with Crippen LogP contribution in [0.4, 0.5) is 0 Å². The highest BCUT2D eigenvalue weighted by Gasteiger charge is 2.30. The molecule has 0 aliphatic carbocycles. The average molecular weight is 328 g/mol. The summed E-state index contributed by atoms with van der Waals surface area (Å²) in [5, 5.41) is 0. The van der Waals surface area contributed by atoms with Crippen LogP contribution in [0.5, 0.6) is 0 Å². The number of hydrogen-bond acceptors (Lipinski definition) is 3. The van der Waals surface area contributed by atoms with E-state index >= 15 is 0 Å². The van der Waals surface area contributed by atoms with Crippen LogP contribution in [0, 0.1) is 5.92 Å². The zero-order chi connectivity index (χ0) is 13.9. The van der Waals surface area contributed by atoms with Crippen molar-refractivity contribution in [2.45, 2.75) is 58.2 Å². The molecule has 1 saturated heterocycles. The first-order valence-electron chi connectivity index (χ1n) is 7.05. The minimum absolute atomic E-state index is 0. The molecule has 1 aliphatic heterocycles. The van der Waals surface area contributed by atoms with Crippen LogP contribution in [0.15, 0.2) is 0 Å². The molecule has 0 saturated carbocycles. The summed E-state index contributed by atoms with van der Waals surface area (Å²) in [6.45, 7) is 7.48. The van der Waals surface area contributed by atoms with Crippen LogP contribution in [0.2, 0.25) is 0 Å². The molecule has 0 aromatic carbocycles. The summed E-state index contributed by atoms with van der Waals surface area (Å²) in [6, 6.07) is 0.548. The Hall–Kier alpha value is -0.0300. The first-order valence-corrected chi connectivity index (χ1v) is 7.05. The van der Waals surface area contributed by atoms with Crippen LogP contribution < -0.4 is 5.73 Å². The standard InChI is InChI=1S/C14H29N3O.2ClH/c1-10(2)8-13(15)14(18)17(5)12-6-7-16(4)11(3)9-12;;/h10-13H,6-9,15H2,1-5H3;2*1H/t11?,12?,13-;;/m0../s1. The molecule has 0 aromatic heterocycles. The summed E-state index contributed by atoms with van der Waals surface area (Å²) in [5.41, 5.74) is 5.99. The molecule has 122 valence electrons. The smallest absolute Gasteiger partial charge is 0.239 e. The minimum atomic E-state index is -0.343. The van der Waals surface area contributed by atoms with E-state index in [0.717, 1.165) is 25.8 Å². The van der Waals surface area contributed by atoms with Gasteiger partial charge in [-0.25, -0.2) is 0 Å². The predicted octanol–water partition coefficient (Wildman–Crippen LogP) is 2.14. The van der Waals surface area contributed by atoms with Crippen LogP contribution in [0.25, 0.3) is 0 Å². The number of carbonyl (C=O) groups is 1. The Balaban J connectivity index is 0. The van der Waals surface area contributed by atoms with Crippen LogP contribution >= 0.6 is 24.8 Å². The maximum atomic E-state index is 12.3. The van der Waals surface area contributed by atoms with Crippen molar-refractivity contribution >= 4 is 30.7 Å². The maximum Gasteiger partial charge on any atom is 0.239 e. The number of likely N-dealkylation sites (N-methyl/N-ethyl adjacent to an activating group) is 1. The van der Waals surface area contributed by atoms with Gasteiger partial charge in [0.2, 0.25) is 5.91 Å². The minimum Gasteiger partial charge on any atom is -0.341 e. The molecule has 1 amide bonds. The van der Waals surface area contributed by atoms with Crippen molar-refractivity contribution in [2.75, 3.05) is 20.6 Å². The van der Waals surface area contributed by atoms with Crippen LogP contribution in [-0.4, -0.2) is 54.5 Å². The highest BCUT2D eigenvalue weighted by molar-refractivity contribution is 5.85. The third kappa shape index (κ3) is 6.17. The van der Waals surface area contributed by atoms with Gasteiger partial charge < -0.3 is 15.5 Å². The fourth-order valence-corrected chi connectivity index (χ4v) is 2.67. The Bertz CT molecular complexity index is 290. The quantitative estimate of drug-likeness (QED) is 0.860. The lowest BCUT2D eigenvalue weighted by Gasteiger charge is -2.40. The number of nitrogens with zero attached hydrogens (tertiary/aromatic N) is 2. The summed E-state index contributed by atoms with van der Waals surface area (Å²) in [7, 11) is 4.05. The molecule has 2 N–H and O–H groups in total. The van der Waals surface area contributed by atoms with E-state index in [0.29, 0.717) is 18.0 Å². The fourth-order valence-electron chi connectivity index (χ4n) is 2.67. The van der Waals surface area contributed by atoms with Crippen LogP contribution in [0.3, 0.4) is 0 Å². The molecular weight excluding hydrogens is 297 g/mol. The third-order valence-corrected chi connectivity index (χ3v) is 4.12. The molecule has 20 heavy (non-hydrogen) atoms. The zero-order valence-corrected chi connectivity index (χ0v) is 15.0. The van der Waals surface area contributed by atoms with Gasteiger partial charge in [0.1, 0.15) is 0 Å². The highest BCUT2D eigenvalue weighted by Crippen LogP contribution is 2.20. The normalized spacial score (nSPS) is 24.6. The number of likely N-dealkylation sites (tertiary alicyclic amines) is 1. The van der Waals surface area contributed by atoms with Crippen molar-refractivity contribution in [1.82, 2.24) is 9.80 Å². The Morgan fingerprint density at radius 1 is 1.40 bits per heavy atom. The predicted molar refractivity (Wildman–Crippen MR) is 89.8 cm³/mol. The van der Waals surface area contributed by atoms with Crippen molar-refractivity contribution in [2.24, 2.45) is 11.7 Å². The Labute approximate surface area is 136 Å². The molecule has 0 spiro atoms. The van der Waals surface area contributed by atoms with E-state index in [1.165, 1.54) is 0 Å². The average Bonchev–Trinajstić information content (AvgIpc) is 2.30. The molecule has 1 rings (SSSR count). The number of rotatable bonds is 4. The lowest BCUT2D eigenvalue weighted by Crippen LogP contribution is -2.52. The second-order valence-electron chi connectivity index (χ2n) is 6.19. The van der Waals surface area contributed by atoms with Crippen LogP contribution in [-0.2, 0) is 4.79 Å². The Morgan fingerprint density at radius 3 is 2.40 bits per heavy atom. The molecule has 0 aromatic rings. The fraction of sp³-hybridized carbons (Fsp3) is 0.929. The van der Waals surface area contributed by atoms with E-state index in [-0.39, 0.29) is 36.8 Å². The molecule has 2 unspecified atom stereocenters. The van der Waals surface area contributed by atoms with Crippen molar-refractivity contribution in [3.05, 3.63) is 0 Å². The highest BCUT2D eigenvalue weighted by atomic mass is 35.5. The molecular formula is C14H31Cl2N3O. The number of halogens is 2. The Morgan fingerprint density at radius 2 is 1.95 bits per heavy atom. The van der Waals surface area contributed by atoms with Gasteiger partial charge in [-0.05, 0) is 39.2 Å². The van der Waals surface area contributed by atoms with E-state index < -0.39 is 0 Å². The van der Waals surface area contributed by atoms with Crippen molar-refractivity contribution in [3.8, 4) is 0 Å².